The summed E-state index contributed by atoms with van der Waals surface area (Å²) in [4.78, 5) is 34.0. The van der Waals surface area contributed by atoms with E-state index >= 15 is 0 Å². The molecule has 3 aromatic heterocycles. The maximum absolute atomic E-state index is 12.1. The fraction of sp³-hybridized carbons (Fsp3) is 0.136. The number of hydrogen-bond acceptors (Lipinski definition) is 6. The first-order valence-corrected chi connectivity index (χ1v) is 9.59. The summed E-state index contributed by atoms with van der Waals surface area (Å²) < 4.78 is 1.68. The molecule has 156 valence electrons. The SMILES string of the molecule is CNC(=O)c1ccc(Nc2nc3c(-c4ccc(C(=O)N(C)C)cc4)cccn3n2)cn1. The molecule has 4 rings (SSSR count). The van der Waals surface area contributed by atoms with E-state index in [1.54, 1.807) is 61.0 Å². The van der Waals surface area contributed by atoms with Crippen LogP contribution in [0.2, 0.25) is 0 Å². The summed E-state index contributed by atoms with van der Waals surface area (Å²) in [6.45, 7) is 0. The normalized spacial score (nSPS) is 10.7. The van der Waals surface area contributed by atoms with Gasteiger partial charge in [-0.05, 0) is 42.0 Å². The number of anilines is 2. The second-order valence-corrected chi connectivity index (χ2v) is 7.04. The number of rotatable bonds is 5. The number of nitrogens with zero attached hydrogens (tertiary/aromatic N) is 5. The Bertz CT molecular complexity index is 1250. The summed E-state index contributed by atoms with van der Waals surface area (Å²) in [5, 5.41) is 10.1. The highest BCUT2D eigenvalue weighted by Gasteiger charge is 2.12. The molecule has 0 fully saturated rings. The third kappa shape index (κ3) is 4.06. The van der Waals surface area contributed by atoms with Gasteiger partial charge in [-0.3, -0.25) is 9.59 Å². The average molecular weight is 415 g/mol. The minimum atomic E-state index is -0.250. The van der Waals surface area contributed by atoms with E-state index in [1.807, 2.05) is 30.5 Å². The third-order valence-corrected chi connectivity index (χ3v) is 4.69. The maximum atomic E-state index is 12.1. The van der Waals surface area contributed by atoms with E-state index < -0.39 is 0 Å². The van der Waals surface area contributed by atoms with Crippen LogP contribution < -0.4 is 10.6 Å². The lowest BCUT2D eigenvalue weighted by Gasteiger charge is -2.10. The van der Waals surface area contributed by atoms with Crippen molar-refractivity contribution in [3.63, 3.8) is 0 Å². The van der Waals surface area contributed by atoms with Gasteiger partial charge in [0.1, 0.15) is 5.69 Å². The van der Waals surface area contributed by atoms with Crippen molar-refractivity contribution in [2.45, 2.75) is 0 Å². The van der Waals surface area contributed by atoms with Gasteiger partial charge in [-0.25, -0.2) is 9.50 Å². The Morgan fingerprint density at radius 1 is 1.03 bits per heavy atom. The number of aromatic nitrogens is 4. The number of nitrogens with one attached hydrogen (secondary N) is 2. The van der Waals surface area contributed by atoms with E-state index in [0.29, 0.717) is 28.5 Å². The smallest absolute Gasteiger partial charge is 0.269 e. The lowest BCUT2D eigenvalue weighted by molar-refractivity contribution is 0.0827. The summed E-state index contributed by atoms with van der Waals surface area (Å²) in [5.74, 6) is 0.108. The highest BCUT2D eigenvalue weighted by molar-refractivity contribution is 5.94. The van der Waals surface area contributed by atoms with E-state index in [1.165, 1.54) is 0 Å². The minimum Gasteiger partial charge on any atom is -0.354 e. The Kier molecular flexibility index (Phi) is 5.31. The van der Waals surface area contributed by atoms with E-state index in [4.69, 9.17) is 0 Å². The molecule has 0 aliphatic carbocycles. The Hall–Kier alpha value is -4.27. The standard InChI is InChI=1S/C22H21N7O2/c1-23-20(30)18-11-10-16(13-24-18)25-22-26-19-17(5-4-12-29(19)27-22)14-6-8-15(9-7-14)21(31)28(2)3/h4-13H,1-3H3,(H,23,30)(H,25,27). The molecule has 0 bridgehead atoms. The summed E-state index contributed by atoms with van der Waals surface area (Å²) >= 11 is 0. The maximum Gasteiger partial charge on any atom is 0.269 e. The monoisotopic (exact) mass is 415 g/mol. The van der Waals surface area contributed by atoms with E-state index in [9.17, 15) is 9.59 Å². The molecule has 31 heavy (non-hydrogen) atoms. The van der Waals surface area contributed by atoms with Gasteiger partial charge in [0.05, 0.1) is 11.9 Å². The summed E-state index contributed by atoms with van der Waals surface area (Å²) in [6, 6.07) is 14.6. The summed E-state index contributed by atoms with van der Waals surface area (Å²) in [7, 11) is 5.01. The molecule has 0 saturated carbocycles. The predicted octanol–water partition coefficient (Wildman–Crippen LogP) is 2.60. The largest absolute Gasteiger partial charge is 0.354 e. The first-order chi connectivity index (χ1) is 15.0. The second-order valence-electron chi connectivity index (χ2n) is 7.04. The highest BCUT2D eigenvalue weighted by Crippen LogP contribution is 2.25. The van der Waals surface area contributed by atoms with Crippen molar-refractivity contribution in [3.8, 4) is 11.1 Å². The molecule has 0 unspecified atom stereocenters. The van der Waals surface area contributed by atoms with Gasteiger partial charge in [-0.1, -0.05) is 12.1 Å². The lowest BCUT2D eigenvalue weighted by Crippen LogP contribution is -2.21. The number of benzene rings is 1. The third-order valence-electron chi connectivity index (χ3n) is 4.69. The molecule has 0 radical (unpaired) electrons. The molecule has 2 amide bonds. The molecule has 9 heteroatoms. The average Bonchev–Trinajstić information content (AvgIpc) is 3.21. The molecule has 2 N–H and O–H groups in total. The highest BCUT2D eigenvalue weighted by atomic mass is 16.2. The zero-order chi connectivity index (χ0) is 22.0. The molecule has 0 atom stereocenters. The first-order valence-electron chi connectivity index (χ1n) is 9.59. The van der Waals surface area contributed by atoms with E-state index in [-0.39, 0.29) is 11.8 Å². The number of hydrogen-bond donors (Lipinski definition) is 2. The van der Waals surface area contributed by atoms with Crippen molar-refractivity contribution in [2.75, 3.05) is 26.5 Å². The van der Waals surface area contributed by atoms with Gasteiger partial charge < -0.3 is 15.5 Å². The van der Waals surface area contributed by atoms with Crippen LogP contribution in [-0.4, -0.2) is 57.4 Å². The van der Waals surface area contributed by atoms with Crippen LogP contribution in [0.5, 0.6) is 0 Å². The van der Waals surface area contributed by atoms with Crippen molar-refractivity contribution in [2.24, 2.45) is 0 Å². The number of fused-ring (bicyclic) bond motifs is 1. The van der Waals surface area contributed by atoms with Crippen molar-refractivity contribution in [3.05, 3.63) is 72.2 Å². The van der Waals surface area contributed by atoms with E-state index in [0.717, 1.165) is 11.1 Å². The Balaban J connectivity index is 1.61. The lowest BCUT2D eigenvalue weighted by atomic mass is 10.0. The van der Waals surface area contributed by atoms with Crippen LogP contribution in [-0.2, 0) is 0 Å². The topological polar surface area (TPSA) is 105 Å². The van der Waals surface area contributed by atoms with Crippen LogP contribution in [0.25, 0.3) is 16.8 Å². The number of carbonyl (C=O) groups excluding carboxylic acids is 2. The van der Waals surface area contributed by atoms with Crippen molar-refractivity contribution >= 4 is 29.1 Å². The van der Waals surface area contributed by atoms with Crippen LogP contribution in [0.4, 0.5) is 11.6 Å². The van der Waals surface area contributed by atoms with Crippen molar-refractivity contribution < 1.29 is 9.59 Å². The van der Waals surface area contributed by atoms with Crippen LogP contribution in [0.1, 0.15) is 20.8 Å². The van der Waals surface area contributed by atoms with Crippen LogP contribution >= 0.6 is 0 Å². The van der Waals surface area contributed by atoms with Crippen molar-refractivity contribution in [1.29, 1.82) is 0 Å². The molecule has 1 aromatic carbocycles. The molecule has 4 aromatic rings. The van der Waals surface area contributed by atoms with Gasteiger partial charge in [-0.2, -0.15) is 4.98 Å². The first kappa shape index (κ1) is 20.0. The number of amides is 2. The molecule has 3 heterocycles. The van der Waals surface area contributed by atoms with Crippen LogP contribution in [0.3, 0.4) is 0 Å². The van der Waals surface area contributed by atoms with Crippen LogP contribution in [0, 0.1) is 0 Å². The molecular formula is C22H21N7O2. The summed E-state index contributed by atoms with van der Waals surface area (Å²) in [6.07, 6.45) is 3.37. The van der Waals surface area contributed by atoms with Gasteiger partial charge >= 0.3 is 0 Å². The number of pyridine rings is 2. The molecule has 0 saturated heterocycles. The molecule has 0 spiro atoms. The van der Waals surface area contributed by atoms with Crippen molar-refractivity contribution in [1.82, 2.24) is 29.8 Å². The Labute approximate surface area is 178 Å². The Morgan fingerprint density at radius 2 is 1.81 bits per heavy atom. The fourth-order valence-electron chi connectivity index (χ4n) is 3.09. The molecule has 0 aliphatic rings. The second kappa shape index (κ2) is 8.23. The summed E-state index contributed by atoms with van der Waals surface area (Å²) in [5.41, 5.74) is 4.10. The van der Waals surface area contributed by atoms with Gasteiger partial charge in [0.2, 0.25) is 5.95 Å². The fourth-order valence-corrected chi connectivity index (χ4v) is 3.09. The quantitative estimate of drug-likeness (QED) is 0.519. The van der Waals surface area contributed by atoms with Gasteiger partial charge in [0, 0.05) is 38.5 Å². The number of carbonyl (C=O) groups is 2. The van der Waals surface area contributed by atoms with Gasteiger partial charge in [0.25, 0.3) is 11.8 Å². The van der Waals surface area contributed by atoms with Gasteiger partial charge in [0.15, 0.2) is 5.65 Å². The Morgan fingerprint density at radius 3 is 2.45 bits per heavy atom. The zero-order valence-corrected chi connectivity index (χ0v) is 17.3. The van der Waals surface area contributed by atoms with Gasteiger partial charge in [-0.15, -0.1) is 5.10 Å². The molecule has 9 nitrogen and oxygen atoms in total. The zero-order valence-electron chi connectivity index (χ0n) is 17.3. The predicted molar refractivity (Wildman–Crippen MR) is 117 cm³/mol. The van der Waals surface area contributed by atoms with E-state index in [2.05, 4.69) is 25.7 Å². The van der Waals surface area contributed by atoms with Crippen LogP contribution in [0.15, 0.2) is 60.9 Å². The molecule has 0 aliphatic heterocycles. The minimum absolute atomic E-state index is 0.0465. The molecular weight excluding hydrogens is 394 g/mol.